The molecular formula is C53H35N3O. The lowest BCUT2D eigenvalue weighted by Crippen LogP contribution is -2.20. The zero-order valence-corrected chi connectivity index (χ0v) is 31.0. The molecule has 2 heterocycles. The summed E-state index contributed by atoms with van der Waals surface area (Å²) in [6.07, 6.45) is 6.19. The fourth-order valence-corrected chi connectivity index (χ4v) is 8.32. The second-order valence-electron chi connectivity index (χ2n) is 14.8. The molecule has 0 radical (unpaired) electrons. The highest BCUT2D eigenvalue weighted by Gasteiger charge is 2.38. The molecule has 0 saturated carbocycles. The number of benzene rings is 8. The van der Waals surface area contributed by atoms with Crippen molar-refractivity contribution >= 4 is 27.1 Å². The van der Waals surface area contributed by atoms with Crippen LogP contribution in [0.2, 0.25) is 0 Å². The average Bonchev–Trinajstić information content (AvgIpc) is 3.67. The van der Waals surface area contributed by atoms with Crippen molar-refractivity contribution in [3.8, 4) is 61.9 Å². The Morgan fingerprint density at radius 1 is 0.368 bits per heavy atom. The first-order valence-electron chi connectivity index (χ1n) is 19.4. The molecule has 4 nitrogen and oxygen atoms in total. The molecule has 2 aliphatic rings. The van der Waals surface area contributed by atoms with Crippen molar-refractivity contribution in [2.24, 2.45) is 0 Å². The van der Waals surface area contributed by atoms with Gasteiger partial charge in [-0.2, -0.15) is 0 Å². The smallest absolute Gasteiger partial charge is 0.164 e. The van der Waals surface area contributed by atoms with Gasteiger partial charge in [-0.05, 0) is 85.3 Å². The van der Waals surface area contributed by atoms with Crippen molar-refractivity contribution in [1.29, 1.82) is 0 Å². The van der Waals surface area contributed by atoms with E-state index in [-0.39, 0.29) is 12.0 Å². The molecular weight excluding hydrogens is 695 g/mol. The van der Waals surface area contributed by atoms with Crippen LogP contribution in [0.5, 0.6) is 5.75 Å². The van der Waals surface area contributed by atoms with Crippen LogP contribution >= 0.6 is 0 Å². The molecule has 268 valence electrons. The molecule has 0 saturated heterocycles. The summed E-state index contributed by atoms with van der Waals surface area (Å²) in [5.41, 5.74) is 11.1. The van der Waals surface area contributed by atoms with E-state index in [4.69, 9.17) is 19.7 Å². The van der Waals surface area contributed by atoms with E-state index >= 15 is 0 Å². The molecule has 0 spiro atoms. The number of allylic oxidation sites excluding steroid dienone is 2. The highest BCUT2D eigenvalue weighted by Crippen LogP contribution is 2.49. The highest BCUT2D eigenvalue weighted by molar-refractivity contribution is 5.91. The van der Waals surface area contributed by atoms with Gasteiger partial charge in [0.15, 0.2) is 17.5 Å². The van der Waals surface area contributed by atoms with Crippen molar-refractivity contribution < 1.29 is 4.74 Å². The normalized spacial score (nSPS) is 15.5. The number of nitrogens with zero attached hydrogens (tertiary/aromatic N) is 3. The van der Waals surface area contributed by atoms with E-state index in [2.05, 4.69) is 188 Å². The lowest BCUT2D eigenvalue weighted by Gasteiger charge is -2.22. The molecule has 0 N–H and O–H groups in total. The summed E-state index contributed by atoms with van der Waals surface area (Å²) < 4.78 is 6.69. The first-order valence-corrected chi connectivity index (χ1v) is 19.4. The average molecular weight is 730 g/mol. The minimum absolute atomic E-state index is 0.0655. The summed E-state index contributed by atoms with van der Waals surface area (Å²) in [6, 6.07) is 64.2. The largest absolute Gasteiger partial charge is 0.485 e. The van der Waals surface area contributed by atoms with E-state index in [1.807, 2.05) is 12.1 Å². The van der Waals surface area contributed by atoms with Crippen LogP contribution in [0.1, 0.15) is 17.3 Å². The second-order valence-corrected chi connectivity index (χ2v) is 14.8. The van der Waals surface area contributed by atoms with Crippen LogP contribution in [0.25, 0.3) is 83.3 Å². The first kappa shape index (κ1) is 33.0. The molecule has 1 aromatic heterocycles. The predicted molar refractivity (Wildman–Crippen MR) is 233 cm³/mol. The molecule has 2 unspecified atom stereocenters. The van der Waals surface area contributed by atoms with Gasteiger partial charge < -0.3 is 4.74 Å². The SMILES string of the molecule is C1=CC2Oc3cc(-c4ccc(-c5ccccc5)cc4)ccc3C2C(c2nc(-c3ccc4ccccc4c3)nc(-c3ccc4ccc(-c5ccccc5)cc4c3)n2)=C1. The summed E-state index contributed by atoms with van der Waals surface area (Å²) >= 11 is 0. The first-order chi connectivity index (χ1) is 28.2. The maximum Gasteiger partial charge on any atom is 0.164 e. The molecule has 2 atom stereocenters. The Morgan fingerprint density at radius 2 is 0.842 bits per heavy atom. The zero-order chi connectivity index (χ0) is 37.7. The molecule has 1 aliphatic carbocycles. The Labute approximate surface area is 331 Å². The molecule has 9 aromatic rings. The highest BCUT2D eigenvalue weighted by atomic mass is 16.5. The molecule has 0 bridgehead atoms. The monoisotopic (exact) mass is 729 g/mol. The van der Waals surface area contributed by atoms with Crippen LogP contribution in [-0.4, -0.2) is 21.1 Å². The Balaban J connectivity index is 0.997. The van der Waals surface area contributed by atoms with Crippen molar-refractivity contribution in [2.75, 3.05) is 0 Å². The zero-order valence-electron chi connectivity index (χ0n) is 31.0. The third-order valence-electron chi connectivity index (χ3n) is 11.3. The Kier molecular flexibility index (Phi) is 7.92. The molecule has 57 heavy (non-hydrogen) atoms. The summed E-state index contributed by atoms with van der Waals surface area (Å²) in [5.74, 6) is 2.75. The quantitative estimate of drug-likeness (QED) is 0.171. The summed E-state index contributed by atoms with van der Waals surface area (Å²) in [5, 5.41) is 4.61. The van der Waals surface area contributed by atoms with Gasteiger partial charge in [-0.15, -0.1) is 0 Å². The van der Waals surface area contributed by atoms with Gasteiger partial charge >= 0.3 is 0 Å². The molecule has 1 aliphatic heterocycles. The van der Waals surface area contributed by atoms with Gasteiger partial charge in [0.2, 0.25) is 0 Å². The van der Waals surface area contributed by atoms with Crippen molar-refractivity contribution in [1.82, 2.24) is 15.0 Å². The van der Waals surface area contributed by atoms with Crippen molar-refractivity contribution in [2.45, 2.75) is 12.0 Å². The van der Waals surface area contributed by atoms with E-state index in [0.717, 1.165) is 55.3 Å². The minimum Gasteiger partial charge on any atom is -0.485 e. The van der Waals surface area contributed by atoms with Gasteiger partial charge in [-0.1, -0.05) is 170 Å². The van der Waals surface area contributed by atoms with Crippen LogP contribution in [0.3, 0.4) is 0 Å². The number of ether oxygens (including phenoxy) is 1. The maximum atomic E-state index is 6.69. The number of hydrogen-bond donors (Lipinski definition) is 0. The van der Waals surface area contributed by atoms with Crippen LogP contribution in [0.4, 0.5) is 0 Å². The Bertz CT molecular complexity index is 3040. The van der Waals surface area contributed by atoms with Crippen molar-refractivity contribution in [3.63, 3.8) is 0 Å². The second kappa shape index (κ2) is 13.7. The Hall–Kier alpha value is -7.43. The van der Waals surface area contributed by atoms with E-state index in [1.165, 1.54) is 27.6 Å². The standard InChI is InChI=1S/C53H35N3O/c1-3-10-34(11-4-1)37-18-20-38(21-19-37)42-28-29-46-49(33-42)57-48-17-9-16-47(50(46)48)53-55-51(43-26-23-36-14-7-8-15-40(36)30-43)54-52(56-53)44-27-24-39-22-25-41(31-45(39)32-44)35-12-5-2-6-13-35/h1-33,48,50H. The molecule has 8 aromatic carbocycles. The number of hydrogen-bond acceptors (Lipinski definition) is 4. The van der Waals surface area contributed by atoms with Gasteiger partial charge in [-0.25, -0.2) is 15.0 Å². The minimum atomic E-state index is -0.169. The van der Waals surface area contributed by atoms with Gasteiger partial charge in [-0.3, -0.25) is 0 Å². The van der Waals surface area contributed by atoms with Gasteiger partial charge in [0, 0.05) is 22.3 Å². The molecule has 4 heteroatoms. The number of fused-ring (bicyclic) bond motifs is 5. The topological polar surface area (TPSA) is 47.9 Å². The lowest BCUT2D eigenvalue weighted by atomic mass is 9.83. The van der Waals surface area contributed by atoms with E-state index < -0.39 is 0 Å². The van der Waals surface area contributed by atoms with Crippen LogP contribution < -0.4 is 4.74 Å². The van der Waals surface area contributed by atoms with E-state index in [0.29, 0.717) is 17.5 Å². The third-order valence-corrected chi connectivity index (χ3v) is 11.3. The van der Waals surface area contributed by atoms with E-state index in [9.17, 15) is 0 Å². The fourth-order valence-electron chi connectivity index (χ4n) is 8.32. The van der Waals surface area contributed by atoms with Gasteiger partial charge in [0.25, 0.3) is 0 Å². The fraction of sp³-hybridized carbons (Fsp3) is 0.0377. The van der Waals surface area contributed by atoms with Crippen molar-refractivity contribution in [3.05, 3.63) is 212 Å². The van der Waals surface area contributed by atoms with Gasteiger partial charge in [0.05, 0.1) is 5.92 Å². The summed E-state index contributed by atoms with van der Waals surface area (Å²) in [6.45, 7) is 0. The molecule has 0 fully saturated rings. The van der Waals surface area contributed by atoms with Crippen LogP contribution in [-0.2, 0) is 0 Å². The lowest BCUT2D eigenvalue weighted by molar-refractivity contribution is 0.271. The van der Waals surface area contributed by atoms with Crippen LogP contribution in [0, 0.1) is 0 Å². The predicted octanol–water partition coefficient (Wildman–Crippen LogP) is 13.0. The number of aromatic nitrogens is 3. The molecule has 0 amide bonds. The van der Waals surface area contributed by atoms with Gasteiger partial charge in [0.1, 0.15) is 11.9 Å². The number of rotatable bonds is 6. The van der Waals surface area contributed by atoms with Crippen LogP contribution in [0.15, 0.2) is 200 Å². The summed E-state index contributed by atoms with van der Waals surface area (Å²) in [4.78, 5) is 15.6. The Morgan fingerprint density at radius 3 is 1.54 bits per heavy atom. The third kappa shape index (κ3) is 6.09. The summed E-state index contributed by atoms with van der Waals surface area (Å²) in [7, 11) is 0. The maximum absolute atomic E-state index is 6.69. The molecule has 11 rings (SSSR count). The van der Waals surface area contributed by atoms with E-state index in [1.54, 1.807) is 0 Å².